The van der Waals surface area contributed by atoms with E-state index < -0.39 is 0 Å². The van der Waals surface area contributed by atoms with Gasteiger partial charge >= 0.3 is 0 Å². The molecule has 3 rings (SSSR count). The minimum absolute atomic E-state index is 0.270. The summed E-state index contributed by atoms with van der Waals surface area (Å²) in [5.41, 5.74) is 5.57. The van der Waals surface area contributed by atoms with E-state index in [9.17, 15) is 0 Å². The van der Waals surface area contributed by atoms with Gasteiger partial charge in [0.15, 0.2) is 0 Å². The molecule has 96 valence electrons. The van der Waals surface area contributed by atoms with Gasteiger partial charge < -0.3 is 5.32 Å². The summed E-state index contributed by atoms with van der Waals surface area (Å²) in [4.78, 5) is 4.87. The van der Waals surface area contributed by atoms with Gasteiger partial charge in [-0.15, -0.1) is 0 Å². The quantitative estimate of drug-likeness (QED) is 0.813. The third-order valence-corrected chi connectivity index (χ3v) is 3.31. The summed E-state index contributed by atoms with van der Waals surface area (Å²) in [6.07, 6.45) is 0. The van der Waals surface area contributed by atoms with Gasteiger partial charge in [0.25, 0.3) is 0 Å². The largest absolute Gasteiger partial charge is 0.361 e. The third kappa shape index (κ3) is 2.26. The van der Waals surface area contributed by atoms with Crippen LogP contribution in [-0.2, 0) is 0 Å². The molecule has 2 heteroatoms. The highest BCUT2D eigenvalue weighted by atomic mass is 15.1. The lowest BCUT2D eigenvalue weighted by molar-refractivity contribution is 0.597. The molecule has 0 bridgehead atoms. The van der Waals surface area contributed by atoms with Crippen molar-refractivity contribution in [2.24, 2.45) is 4.99 Å². The van der Waals surface area contributed by atoms with Gasteiger partial charge in [0.1, 0.15) is 5.66 Å². The van der Waals surface area contributed by atoms with Crippen LogP contribution in [0.25, 0.3) is 0 Å². The fourth-order valence-electron chi connectivity index (χ4n) is 2.48. The first-order chi connectivity index (χ1) is 9.05. The van der Waals surface area contributed by atoms with Gasteiger partial charge in [0, 0.05) is 16.8 Å². The second kappa shape index (κ2) is 4.23. The molecule has 2 aromatic carbocycles. The molecule has 0 aromatic heterocycles. The minimum Gasteiger partial charge on any atom is -0.361 e. The normalized spacial score (nSPS) is 16.3. The summed E-state index contributed by atoms with van der Waals surface area (Å²) in [6, 6.07) is 16.9. The van der Waals surface area contributed by atoms with Gasteiger partial charge in [0.05, 0.1) is 5.71 Å². The van der Waals surface area contributed by atoms with Crippen LogP contribution in [-0.4, -0.2) is 11.4 Å². The summed E-state index contributed by atoms with van der Waals surface area (Å²) in [7, 11) is 0. The predicted molar refractivity (Wildman–Crippen MR) is 81.0 cm³/mol. The molecule has 0 fully saturated rings. The van der Waals surface area contributed by atoms with E-state index in [-0.39, 0.29) is 5.66 Å². The third-order valence-electron chi connectivity index (χ3n) is 3.31. The Hall–Kier alpha value is -2.09. The van der Waals surface area contributed by atoms with Crippen molar-refractivity contribution in [2.75, 3.05) is 5.32 Å². The predicted octanol–water partition coefficient (Wildman–Crippen LogP) is 3.99. The van der Waals surface area contributed by atoms with Crippen molar-refractivity contribution in [1.29, 1.82) is 0 Å². The molecular weight excluding hydrogens is 232 g/mol. The first-order valence-electron chi connectivity index (χ1n) is 6.60. The number of nitrogens with zero attached hydrogens (tertiary/aromatic N) is 1. The molecule has 19 heavy (non-hydrogen) atoms. The van der Waals surface area contributed by atoms with Gasteiger partial charge in [0.2, 0.25) is 0 Å². The Bertz CT molecular complexity index is 640. The molecule has 2 aromatic rings. The van der Waals surface area contributed by atoms with Gasteiger partial charge in [-0.3, -0.25) is 4.99 Å². The second-order valence-electron chi connectivity index (χ2n) is 5.56. The molecule has 0 amide bonds. The maximum Gasteiger partial charge on any atom is 0.124 e. The number of benzene rings is 2. The van der Waals surface area contributed by atoms with E-state index in [2.05, 4.69) is 68.6 Å². The summed E-state index contributed by atoms with van der Waals surface area (Å²) in [5.74, 6) is 0. The number of hydrogen-bond acceptors (Lipinski definition) is 2. The molecule has 0 saturated carbocycles. The smallest absolute Gasteiger partial charge is 0.124 e. The lowest BCUT2D eigenvalue weighted by Crippen LogP contribution is -2.34. The Labute approximate surface area is 114 Å². The van der Waals surface area contributed by atoms with Gasteiger partial charge in [-0.1, -0.05) is 42.0 Å². The zero-order valence-electron chi connectivity index (χ0n) is 11.6. The van der Waals surface area contributed by atoms with Crippen molar-refractivity contribution in [2.45, 2.75) is 26.4 Å². The molecule has 1 N–H and O–H groups in total. The molecule has 0 atom stereocenters. The number of rotatable bonds is 1. The molecule has 2 nitrogen and oxygen atoms in total. The Morgan fingerprint density at radius 2 is 1.74 bits per heavy atom. The maximum atomic E-state index is 4.87. The average molecular weight is 250 g/mol. The van der Waals surface area contributed by atoms with Crippen LogP contribution in [0.3, 0.4) is 0 Å². The fraction of sp³-hybridized carbons (Fsp3) is 0.235. The van der Waals surface area contributed by atoms with Crippen LogP contribution in [0, 0.1) is 6.92 Å². The second-order valence-corrected chi connectivity index (χ2v) is 5.56. The molecule has 0 saturated heterocycles. The molecule has 0 unspecified atom stereocenters. The summed E-state index contributed by atoms with van der Waals surface area (Å²) in [5, 5.41) is 3.48. The van der Waals surface area contributed by atoms with E-state index in [1.165, 1.54) is 16.7 Å². The van der Waals surface area contributed by atoms with E-state index in [0.717, 1.165) is 11.4 Å². The number of hydrogen-bond donors (Lipinski definition) is 1. The standard InChI is InChI=1S/C17H18N2/c1-12-9-10-15-14(11-12)16(19-17(2,3)18-15)13-7-5-4-6-8-13/h4-11,18H,1-3H3. The van der Waals surface area contributed by atoms with Gasteiger partial charge in [-0.25, -0.2) is 0 Å². The molecule has 1 aliphatic rings. The molecule has 0 aliphatic carbocycles. The van der Waals surface area contributed by atoms with Crippen LogP contribution in [0.5, 0.6) is 0 Å². The fourth-order valence-corrected chi connectivity index (χ4v) is 2.48. The van der Waals surface area contributed by atoms with E-state index in [1.54, 1.807) is 0 Å². The van der Waals surface area contributed by atoms with Crippen molar-refractivity contribution in [3.8, 4) is 0 Å². The number of aliphatic imine (C=N–C) groups is 1. The lowest BCUT2D eigenvalue weighted by atomic mass is 9.95. The first kappa shape index (κ1) is 12.0. The number of anilines is 1. The van der Waals surface area contributed by atoms with Crippen molar-refractivity contribution in [1.82, 2.24) is 0 Å². The zero-order chi connectivity index (χ0) is 13.5. The van der Waals surface area contributed by atoms with Crippen LogP contribution in [0.2, 0.25) is 0 Å². The van der Waals surface area contributed by atoms with Crippen LogP contribution >= 0.6 is 0 Å². The molecule has 1 heterocycles. The lowest BCUT2D eigenvalue weighted by Gasteiger charge is -2.31. The number of aryl methyl sites for hydroxylation is 1. The number of fused-ring (bicyclic) bond motifs is 1. The monoisotopic (exact) mass is 250 g/mol. The Kier molecular flexibility index (Phi) is 2.67. The minimum atomic E-state index is -0.270. The van der Waals surface area contributed by atoms with Crippen molar-refractivity contribution in [3.05, 3.63) is 65.2 Å². The average Bonchev–Trinajstić information content (AvgIpc) is 2.39. The maximum absolute atomic E-state index is 4.87. The molecule has 1 aliphatic heterocycles. The molecular formula is C17H18N2. The molecule has 0 radical (unpaired) electrons. The van der Waals surface area contributed by atoms with Crippen molar-refractivity contribution >= 4 is 11.4 Å². The van der Waals surface area contributed by atoms with E-state index in [1.807, 2.05) is 6.07 Å². The Morgan fingerprint density at radius 3 is 2.47 bits per heavy atom. The zero-order valence-corrected chi connectivity index (χ0v) is 11.6. The van der Waals surface area contributed by atoms with Crippen molar-refractivity contribution in [3.63, 3.8) is 0 Å². The highest BCUT2D eigenvalue weighted by Crippen LogP contribution is 2.30. The Morgan fingerprint density at radius 1 is 1.00 bits per heavy atom. The van der Waals surface area contributed by atoms with Crippen molar-refractivity contribution < 1.29 is 0 Å². The van der Waals surface area contributed by atoms with Crippen LogP contribution in [0.15, 0.2) is 53.5 Å². The first-order valence-corrected chi connectivity index (χ1v) is 6.60. The Balaban J connectivity index is 2.21. The van der Waals surface area contributed by atoms with Gasteiger partial charge in [-0.2, -0.15) is 0 Å². The highest BCUT2D eigenvalue weighted by molar-refractivity contribution is 6.17. The van der Waals surface area contributed by atoms with E-state index >= 15 is 0 Å². The van der Waals surface area contributed by atoms with Gasteiger partial charge in [-0.05, 0) is 32.9 Å². The SMILES string of the molecule is Cc1ccc2c(c1)C(c1ccccc1)=NC(C)(C)N2. The van der Waals surface area contributed by atoms with Crippen LogP contribution in [0.1, 0.15) is 30.5 Å². The van der Waals surface area contributed by atoms with E-state index in [0.29, 0.717) is 0 Å². The van der Waals surface area contributed by atoms with E-state index in [4.69, 9.17) is 4.99 Å². The summed E-state index contributed by atoms with van der Waals surface area (Å²) < 4.78 is 0. The highest BCUT2D eigenvalue weighted by Gasteiger charge is 2.26. The topological polar surface area (TPSA) is 24.4 Å². The van der Waals surface area contributed by atoms with Crippen LogP contribution in [0.4, 0.5) is 5.69 Å². The summed E-state index contributed by atoms with van der Waals surface area (Å²) in [6.45, 7) is 6.31. The molecule has 0 spiro atoms. The number of nitrogens with one attached hydrogen (secondary N) is 1. The van der Waals surface area contributed by atoms with Crippen LogP contribution < -0.4 is 5.32 Å². The summed E-state index contributed by atoms with van der Waals surface area (Å²) >= 11 is 0.